The van der Waals surface area contributed by atoms with E-state index < -0.39 is 0 Å². The summed E-state index contributed by atoms with van der Waals surface area (Å²) >= 11 is 0. The smallest absolute Gasteiger partial charge is 0.223 e. The quantitative estimate of drug-likeness (QED) is 0.684. The molecule has 132 valence electrons. The van der Waals surface area contributed by atoms with E-state index in [0.717, 1.165) is 30.6 Å². The Kier molecular flexibility index (Phi) is 11.5. The van der Waals surface area contributed by atoms with Crippen LogP contribution < -0.4 is 15.8 Å². The van der Waals surface area contributed by atoms with Gasteiger partial charge in [0.25, 0.3) is 0 Å². The second kappa shape index (κ2) is 12.2. The van der Waals surface area contributed by atoms with E-state index in [2.05, 4.69) is 12.2 Å². The van der Waals surface area contributed by atoms with Gasteiger partial charge >= 0.3 is 0 Å². The van der Waals surface area contributed by atoms with E-state index in [4.69, 9.17) is 15.2 Å². The average molecular weight is 345 g/mol. The van der Waals surface area contributed by atoms with Crippen molar-refractivity contribution < 1.29 is 14.3 Å². The molecule has 0 heterocycles. The average Bonchev–Trinajstić information content (AvgIpc) is 2.56. The standard InChI is InChI=1S/C17H28N2O3.ClH/c1-4-5-6-16(13-7-9-14(21-2)10-8-13)19-17(20)11-15(12-18)22-3;/h7-10,15-16H,4-6,11-12,18H2,1-3H3,(H,19,20);1H. The first kappa shape index (κ1) is 21.7. The number of unbranched alkanes of at least 4 members (excludes halogenated alkanes) is 1. The molecule has 0 saturated heterocycles. The molecule has 2 unspecified atom stereocenters. The van der Waals surface area contributed by atoms with E-state index in [-0.39, 0.29) is 36.9 Å². The Morgan fingerprint density at radius 1 is 1.26 bits per heavy atom. The molecule has 0 aliphatic carbocycles. The summed E-state index contributed by atoms with van der Waals surface area (Å²) in [5.74, 6) is 0.779. The maximum Gasteiger partial charge on any atom is 0.223 e. The first-order valence-electron chi connectivity index (χ1n) is 7.80. The number of benzene rings is 1. The van der Waals surface area contributed by atoms with Gasteiger partial charge in [-0.05, 0) is 24.1 Å². The van der Waals surface area contributed by atoms with E-state index in [0.29, 0.717) is 6.54 Å². The Bertz CT molecular complexity index is 436. The van der Waals surface area contributed by atoms with Crippen LogP contribution in [-0.4, -0.2) is 32.8 Å². The number of amides is 1. The minimum atomic E-state index is -0.234. The number of hydrogen-bond donors (Lipinski definition) is 2. The molecule has 0 saturated carbocycles. The summed E-state index contributed by atoms with van der Waals surface area (Å²) in [7, 11) is 3.21. The third-order valence-corrected chi connectivity index (χ3v) is 3.71. The van der Waals surface area contributed by atoms with E-state index in [9.17, 15) is 4.79 Å². The lowest BCUT2D eigenvalue weighted by atomic mass is 10.0. The fourth-order valence-corrected chi connectivity index (χ4v) is 2.29. The van der Waals surface area contributed by atoms with Crippen LogP contribution in [0.1, 0.15) is 44.2 Å². The number of carbonyl (C=O) groups is 1. The summed E-state index contributed by atoms with van der Waals surface area (Å²) < 4.78 is 10.3. The van der Waals surface area contributed by atoms with Crippen LogP contribution in [-0.2, 0) is 9.53 Å². The molecule has 3 N–H and O–H groups in total. The van der Waals surface area contributed by atoms with Crippen molar-refractivity contribution in [1.29, 1.82) is 0 Å². The van der Waals surface area contributed by atoms with Gasteiger partial charge in [0, 0.05) is 13.7 Å². The molecular weight excluding hydrogens is 316 g/mol. The van der Waals surface area contributed by atoms with E-state index in [1.807, 2.05) is 24.3 Å². The van der Waals surface area contributed by atoms with Gasteiger partial charge in [-0.25, -0.2) is 0 Å². The molecule has 0 fully saturated rings. The molecule has 2 atom stereocenters. The largest absolute Gasteiger partial charge is 0.497 e. The molecule has 1 aromatic carbocycles. The van der Waals surface area contributed by atoms with E-state index in [1.54, 1.807) is 14.2 Å². The van der Waals surface area contributed by atoms with Crippen LogP contribution in [0.5, 0.6) is 5.75 Å². The molecule has 0 spiro atoms. The number of methoxy groups -OCH3 is 2. The van der Waals surface area contributed by atoms with Crippen LogP contribution in [0.3, 0.4) is 0 Å². The normalized spacial score (nSPS) is 12.9. The molecule has 0 bridgehead atoms. The molecule has 0 aliphatic rings. The summed E-state index contributed by atoms with van der Waals surface area (Å²) in [6.07, 6.45) is 3.11. The van der Waals surface area contributed by atoms with Crippen LogP contribution >= 0.6 is 12.4 Å². The zero-order valence-electron chi connectivity index (χ0n) is 14.2. The molecule has 23 heavy (non-hydrogen) atoms. The lowest BCUT2D eigenvalue weighted by Gasteiger charge is -2.21. The first-order chi connectivity index (χ1) is 10.6. The Morgan fingerprint density at radius 3 is 2.39 bits per heavy atom. The van der Waals surface area contributed by atoms with Gasteiger partial charge in [-0.3, -0.25) is 4.79 Å². The number of halogens is 1. The number of ether oxygens (including phenoxy) is 2. The van der Waals surface area contributed by atoms with Gasteiger partial charge in [-0.15, -0.1) is 12.4 Å². The Labute approximate surface area is 145 Å². The minimum absolute atomic E-state index is 0. The topological polar surface area (TPSA) is 73.6 Å². The SMILES string of the molecule is CCCCC(NC(=O)CC(CN)OC)c1ccc(OC)cc1.Cl. The van der Waals surface area contributed by atoms with E-state index in [1.165, 1.54) is 0 Å². The van der Waals surface area contributed by atoms with Crippen LogP contribution in [0, 0.1) is 0 Å². The van der Waals surface area contributed by atoms with Crippen molar-refractivity contribution in [3.8, 4) is 5.75 Å². The summed E-state index contributed by atoms with van der Waals surface area (Å²) in [4.78, 5) is 12.2. The molecule has 1 aromatic rings. The lowest BCUT2D eigenvalue weighted by Crippen LogP contribution is -2.34. The second-order valence-electron chi connectivity index (χ2n) is 5.33. The van der Waals surface area contributed by atoms with Crippen molar-refractivity contribution in [3.63, 3.8) is 0 Å². The zero-order valence-corrected chi connectivity index (χ0v) is 15.0. The highest BCUT2D eigenvalue weighted by Crippen LogP contribution is 2.22. The fourth-order valence-electron chi connectivity index (χ4n) is 2.29. The molecule has 0 aliphatic heterocycles. The predicted molar refractivity (Wildman–Crippen MR) is 95.1 cm³/mol. The lowest BCUT2D eigenvalue weighted by molar-refractivity contribution is -0.124. The molecular formula is C17H29ClN2O3. The van der Waals surface area contributed by atoms with Crippen molar-refractivity contribution in [2.75, 3.05) is 20.8 Å². The summed E-state index contributed by atoms with van der Waals surface area (Å²) in [6, 6.07) is 7.83. The van der Waals surface area contributed by atoms with Gasteiger partial charge in [0.1, 0.15) is 5.75 Å². The van der Waals surface area contributed by atoms with Crippen molar-refractivity contribution in [2.24, 2.45) is 5.73 Å². The fraction of sp³-hybridized carbons (Fsp3) is 0.588. The summed E-state index contributed by atoms with van der Waals surface area (Å²) in [6.45, 7) is 2.48. The van der Waals surface area contributed by atoms with E-state index >= 15 is 0 Å². The number of nitrogens with one attached hydrogen (secondary N) is 1. The van der Waals surface area contributed by atoms with Crippen LogP contribution in [0.4, 0.5) is 0 Å². The maximum atomic E-state index is 12.2. The minimum Gasteiger partial charge on any atom is -0.497 e. The number of hydrogen-bond acceptors (Lipinski definition) is 4. The molecule has 1 rings (SSSR count). The highest BCUT2D eigenvalue weighted by molar-refractivity contribution is 5.85. The van der Waals surface area contributed by atoms with Crippen molar-refractivity contribution in [2.45, 2.75) is 44.8 Å². The highest BCUT2D eigenvalue weighted by atomic mass is 35.5. The molecule has 5 nitrogen and oxygen atoms in total. The van der Waals surface area contributed by atoms with Gasteiger partial charge in [0.05, 0.1) is 25.7 Å². The van der Waals surface area contributed by atoms with Gasteiger partial charge in [-0.2, -0.15) is 0 Å². The summed E-state index contributed by atoms with van der Waals surface area (Å²) in [5.41, 5.74) is 6.65. The Hall–Kier alpha value is -1.30. The zero-order chi connectivity index (χ0) is 16.4. The second-order valence-corrected chi connectivity index (χ2v) is 5.33. The number of nitrogens with two attached hydrogens (primary N) is 1. The predicted octanol–water partition coefficient (Wildman–Crippen LogP) is 2.83. The molecule has 1 amide bonds. The van der Waals surface area contributed by atoms with Crippen molar-refractivity contribution in [1.82, 2.24) is 5.32 Å². The van der Waals surface area contributed by atoms with Crippen LogP contribution in [0.15, 0.2) is 24.3 Å². The van der Waals surface area contributed by atoms with Crippen molar-refractivity contribution in [3.05, 3.63) is 29.8 Å². The monoisotopic (exact) mass is 344 g/mol. The highest BCUT2D eigenvalue weighted by Gasteiger charge is 2.17. The van der Waals surface area contributed by atoms with Crippen LogP contribution in [0.25, 0.3) is 0 Å². The molecule has 6 heteroatoms. The molecule has 0 aromatic heterocycles. The third-order valence-electron chi connectivity index (χ3n) is 3.71. The Morgan fingerprint density at radius 2 is 1.91 bits per heavy atom. The van der Waals surface area contributed by atoms with Gasteiger partial charge < -0.3 is 20.5 Å². The van der Waals surface area contributed by atoms with Crippen molar-refractivity contribution >= 4 is 18.3 Å². The molecule has 0 radical (unpaired) electrons. The maximum absolute atomic E-state index is 12.2. The number of rotatable bonds is 10. The van der Waals surface area contributed by atoms with Gasteiger partial charge in [0.2, 0.25) is 5.91 Å². The first-order valence-corrected chi connectivity index (χ1v) is 7.80. The van der Waals surface area contributed by atoms with Gasteiger partial charge in [0.15, 0.2) is 0 Å². The Balaban J connectivity index is 0.00000484. The van der Waals surface area contributed by atoms with Crippen LogP contribution in [0.2, 0.25) is 0 Å². The third kappa shape index (κ3) is 7.68. The van der Waals surface area contributed by atoms with Gasteiger partial charge in [-0.1, -0.05) is 31.9 Å². The number of carbonyl (C=O) groups excluding carboxylic acids is 1. The summed E-state index contributed by atoms with van der Waals surface area (Å²) in [5, 5.41) is 3.09.